The van der Waals surface area contributed by atoms with E-state index in [-0.39, 0.29) is 11.2 Å². The maximum absolute atomic E-state index is 12.0. The number of nitrogens with one attached hydrogen (secondary N) is 1. The molecule has 0 aliphatic heterocycles. The lowest BCUT2D eigenvalue weighted by molar-refractivity contribution is -0.120. The summed E-state index contributed by atoms with van der Waals surface area (Å²) in [5.41, 5.74) is 1.20. The van der Waals surface area contributed by atoms with Gasteiger partial charge >= 0.3 is 0 Å². The molecule has 1 N–H and O–H groups in total. The van der Waals surface area contributed by atoms with E-state index in [0.29, 0.717) is 6.54 Å². The van der Waals surface area contributed by atoms with Gasteiger partial charge in [0, 0.05) is 16.8 Å². The van der Waals surface area contributed by atoms with Crippen molar-refractivity contribution in [2.24, 2.45) is 0 Å². The van der Waals surface area contributed by atoms with Gasteiger partial charge in [0.2, 0.25) is 5.91 Å². The lowest BCUT2D eigenvalue weighted by Crippen LogP contribution is -2.30. The van der Waals surface area contributed by atoms with E-state index >= 15 is 0 Å². The van der Waals surface area contributed by atoms with Crippen molar-refractivity contribution in [1.29, 1.82) is 0 Å². The maximum Gasteiger partial charge on any atom is 0.233 e. The number of carbonyl (C=O) groups is 1. The van der Waals surface area contributed by atoms with Crippen molar-refractivity contribution < 1.29 is 4.79 Å². The molecule has 21 heavy (non-hydrogen) atoms. The van der Waals surface area contributed by atoms with Crippen LogP contribution in [0, 0.1) is 20.8 Å². The van der Waals surface area contributed by atoms with Crippen molar-refractivity contribution in [1.82, 2.24) is 15.3 Å². The molecule has 2 rings (SSSR count). The summed E-state index contributed by atoms with van der Waals surface area (Å²) < 4.78 is 0. The van der Waals surface area contributed by atoms with Gasteiger partial charge in [0.1, 0.15) is 15.7 Å². The molecular formula is C15H19N3OS2. The zero-order valence-corrected chi connectivity index (χ0v) is 14.3. The van der Waals surface area contributed by atoms with Crippen LogP contribution < -0.4 is 5.32 Å². The maximum atomic E-state index is 12.0. The molecule has 0 aliphatic carbocycles. The van der Waals surface area contributed by atoms with E-state index in [1.54, 1.807) is 17.4 Å². The quantitative estimate of drug-likeness (QED) is 0.521. The molecule has 0 spiro atoms. The highest BCUT2D eigenvalue weighted by Crippen LogP contribution is 2.36. The van der Waals surface area contributed by atoms with Gasteiger partial charge in [0.15, 0.2) is 0 Å². The SMILES string of the molecule is C=CCNC(=O)[C@H](C)Sc1nc(C)nc2sc(C)c(C)c12. The second-order valence-corrected chi connectivity index (χ2v) is 7.37. The van der Waals surface area contributed by atoms with Gasteiger partial charge in [0.25, 0.3) is 0 Å². The fraction of sp³-hybridized carbons (Fsp3) is 0.400. The number of amides is 1. The third-order valence-electron chi connectivity index (χ3n) is 3.19. The minimum Gasteiger partial charge on any atom is -0.352 e. The van der Waals surface area contributed by atoms with Crippen molar-refractivity contribution in [2.75, 3.05) is 6.54 Å². The molecule has 0 aromatic carbocycles. The molecule has 0 aliphatic rings. The molecule has 0 fully saturated rings. The number of hydrogen-bond donors (Lipinski definition) is 1. The van der Waals surface area contributed by atoms with E-state index < -0.39 is 0 Å². The molecule has 0 bridgehead atoms. The van der Waals surface area contributed by atoms with E-state index in [2.05, 4.69) is 35.7 Å². The Morgan fingerprint density at radius 3 is 2.81 bits per heavy atom. The molecule has 112 valence electrons. The number of thioether (sulfide) groups is 1. The summed E-state index contributed by atoms with van der Waals surface area (Å²) in [6.45, 7) is 12.0. The fourth-order valence-electron chi connectivity index (χ4n) is 1.94. The zero-order valence-electron chi connectivity index (χ0n) is 12.7. The average Bonchev–Trinajstić information content (AvgIpc) is 2.70. The minimum atomic E-state index is -0.206. The van der Waals surface area contributed by atoms with Crippen LogP contribution in [0.1, 0.15) is 23.2 Å². The molecule has 2 aromatic heterocycles. The van der Waals surface area contributed by atoms with Crippen LogP contribution in [0.5, 0.6) is 0 Å². The summed E-state index contributed by atoms with van der Waals surface area (Å²) >= 11 is 3.16. The van der Waals surface area contributed by atoms with Crippen LogP contribution in [0.25, 0.3) is 10.2 Å². The Labute approximate surface area is 133 Å². The summed E-state index contributed by atoms with van der Waals surface area (Å²) in [5.74, 6) is 0.735. The highest BCUT2D eigenvalue weighted by Gasteiger charge is 2.19. The first-order valence-corrected chi connectivity index (χ1v) is 8.43. The molecule has 0 saturated carbocycles. The van der Waals surface area contributed by atoms with Gasteiger partial charge in [-0.3, -0.25) is 4.79 Å². The summed E-state index contributed by atoms with van der Waals surface area (Å²) in [7, 11) is 0. The Kier molecular flexibility index (Phi) is 5.00. The fourth-order valence-corrected chi connectivity index (χ4v) is 4.15. The van der Waals surface area contributed by atoms with E-state index in [0.717, 1.165) is 21.1 Å². The van der Waals surface area contributed by atoms with Crippen molar-refractivity contribution in [3.05, 3.63) is 28.9 Å². The van der Waals surface area contributed by atoms with E-state index in [1.165, 1.54) is 22.2 Å². The topological polar surface area (TPSA) is 54.9 Å². The first-order valence-electron chi connectivity index (χ1n) is 6.73. The molecular weight excluding hydrogens is 302 g/mol. The van der Waals surface area contributed by atoms with E-state index in [4.69, 9.17) is 0 Å². The molecule has 1 amide bonds. The largest absolute Gasteiger partial charge is 0.352 e. The van der Waals surface area contributed by atoms with E-state index in [1.807, 2.05) is 13.8 Å². The highest BCUT2D eigenvalue weighted by molar-refractivity contribution is 8.00. The first-order chi connectivity index (χ1) is 9.93. The molecule has 0 saturated heterocycles. The Hall–Kier alpha value is -1.40. The first kappa shape index (κ1) is 16.0. The van der Waals surface area contributed by atoms with Crippen molar-refractivity contribution in [3.8, 4) is 0 Å². The van der Waals surface area contributed by atoms with Crippen molar-refractivity contribution in [3.63, 3.8) is 0 Å². The summed E-state index contributed by atoms with van der Waals surface area (Å²) in [4.78, 5) is 23.3. The zero-order chi connectivity index (χ0) is 15.6. The van der Waals surface area contributed by atoms with Crippen molar-refractivity contribution in [2.45, 2.75) is 38.0 Å². The van der Waals surface area contributed by atoms with Gasteiger partial charge < -0.3 is 5.32 Å². The summed E-state index contributed by atoms with van der Waals surface area (Å²) in [5, 5.41) is 4.58. The van der Waals surface area contributed by atoms with Gasteiger partial charge in [0.05, 0.1) is 5.25 Å². The number of fused-ring (bicyclic) bond motifs is 1. The average molecular weight is 321 g/mol. The molecule has 4 nitrogen and oxygen atoms in total. The van der Waals surface area contributed by atoms with Gasteiger partial charge in [-0.15, -0.1) is 17.9 Å². The number of aromatic nitrogens is 2. The monoisotopic (exact) mass is 321 g/mol. The van der Waals surface area contributed by atoms with Crippen LogP contribution in [0.2, 0.25) is 0 Å². The number of hydrogen-bond acceptors (Lipinski definition) is 5. The predicted octanol–water partition coefficient (Wildman–Crippen LogP) is 3.40. The highest BCUT2D eigenvalue weighted by atomic mass is 32.2. The summed E-state index contributed by atoms with van der Waals surface area (Å²) in [6, 6.07) is 0. The van der Waals surface area contributed by atoms with Gasteiger partial charge in [-0.2, -0.15) is 0 Å². The minimum absolute atomic E-state index is 0.00563. The number of carbonyl (C=O) groups excluding carboxylic acids is 1. The lowest BCUT2D eigenvalue weighted by Gasteiger charge is -2.11. The molecule has 1 atom stereocenters. The van der Waals surface area contributed by atoms with Gasteiger partial charge in [-0.1, -0.05) is 17.8 Å². The molecule has 2 aromatic rings. The predicted molar refractivity (Wildman–Crippen MR) is 90.2 cm³/mol. The van der Waals surface area contributed by atoms with Crippen LogP contribution in [-0.4, -0.2) is 27.7 Å². The van der Waals surface area contributed by atoms with Gasteiger partial charge in [-0.05, 0) is 33.3 Å². The Morgan fingerprint density at radius 2 is 2.14 bits per heavy atom. The number of rotatable bonds is 5. The molecule has 2 heterocycles. The standard InChI is InChI=1S/C15H19N3OS2/c1-6-7-16-13(19)10(4)21-15-12-8(2)9(3)20-14(12)17-11(5)18-15/h6,10H,1,7H2,2-5H3,(H,16,19)/t10-/m0/s1. The van der Waals surface area contributed by atoms with Crippen LogP contribution in [-0.2, 0) is 4.79 Å². The Balaban J connectivity index is 2.33. The van der Waals surface area contributed by atoms with Crippen molar-refractivity contribution >= 4 is 39.2 Å². The second-order valence-electron chi connectivity index (χ2n) is 4.83. The second kappa shape index (κ2) is 6.58. The molecule has 0 radical (unpaired) electrons. The van der Waals surface area contributed by atoms with Crippen LogP contribution in [0.3, 0.4) is 0 Å². The Bertz CT molecular complexity index is 694. The van der Waals surface area contributed by atoms with Crippen LogP contribution >= 0.6 is 23.1 Å². The van der Waals surface area contributed by atoms with Gasteiger partial charge in [-0.25, -0.2) is 9.97 Å². The third-order valence-corrected chi connectivity index (χ3v) is 5.37. The third kappa shape index (κ3) is 3.44. The van der Waals surface area contributed by atoms with Crippen LogP contribution in [0.4, 0.5) is 0 Å². The lowest BCUT2D eigenvalue weighted by atomic mass is 10.2. The Morgan fingerprint density at radius 1 is 1.43 bits per heavy atom. The smallest absolute Gasteiger partial charge is 0.233 e. The van der Waals surface area contributed by atoms with Crippen LogP contribution in [0.15, 0.2) is 17.7 Å². The number of thiophene rings is 1. The molecule has 0 unspecified atom stereocenters. The number of aryl methyl sites for hydroxylation is 3. The molecule has 6 heteroatoms. The summed E-state index contributed by atoms with van der Waals surface area (Å²) in [6.07, 6.45) is 1.68. The normalized spacial score (nSPS) is 12.4. The number of nitrogens with zero attached hydrogens (tertiary/aromatic N) is 2. The van der Waals surface area contributed by atoms with E-state index in [9.17, 15) is 4.79 Å².